The summed E-state index contributed by atoms with van der Waals surface area (Å²) in [6.45, 7) is 19.0. The van der Waals surface area contributed by atoms with Crippen molar-refractivity contribution in [1.82, 2.24) is 0 Å². The number of hydrogen-bond acceptors (Lipinski definition) is 4. The molecule has 0 aromatic carbocycles. The molecule has 43 heavy (non-hydrogen) atoms. The fourth-order valence-electron chi connectivity index (χ4n) is 7.22. The molecular formula is C35H76Br2N2O4. The first-order valence-electron chi connectivity index (χ1n) is 17.9. The van der Waals surface area contributed by atoms with E-state index in [1.54, 1.807) is 0 Å². The van der Waals surface area contributed by atoms with E-state index in [0.29, 0.717) is 26.2 Å². The minimum atomic E-state index is -0.373. The Morgan fingerprint density at radius 1 is 0.349 bits per heavy atom. The third-order valence-corrected chi connectivity index (χ3v) is 8.84. The first-order chi connectivity index (χ1) is 19.5. The number of rotatable bonds is 30. The van der Waals surface area contributed by atoms with Crippen LogP contribution >= 0.6 is 0 Å². The van der Waals surface area contributed by atoms with E-state index >= 15 is 0 Å². The Labute approximate surface area is 289 Å². The van der Waals surface area contributed by atoms with Gasteiger partial charge in [0.2, 0.25) is 0 Å². The lowest BCUT2D eigenvalue weighted by Gasteiger charge is -2.42. The summed E-state index contributed by atoms with van der Waals surface area (Å²) in [7, 11) is 0. The molecule has 0 aromatic heterocycles. The molecule has 0 aromatic rings. The number of quaternary nitrogens is 2. The van der Waals surface area contributed by atoms with Gasteiger partial charge in [-0.15, -0.1) is 0 Å². The van der Waals surface area contributed by atoms with E-state index in [1.807, 2.05) is 27.7 Å². The van der Waals surface area contributed by atoms with Crippen LogP contribution in [-0.2, 0) is 0 Å². The van der Waals surface area contributed by atoms with E-state index in [2.05, 4.69) is 13.8 Å². The van der Waals surface area contributed by atoms with Gasteiger partial charge < -0.3 is 63.4 Å². The van der Waals surface area contributed by atoms with Crippen molar-refractivity contribution in [1.29, 1.82) is 0 Å². The van der Waals surface area contributed by atoms with Gasteiger partial charge in [-0.25, -0.2) is 0 Å². The molecule has 0 aliphatic heterocycles. The van der Waals surface area contributed by atoms with Gasteiger partial charge in [-0.1, -0.05) is 78.1 Å². The van der Waals surface area contributed by atoms with Crippen LogP contribution in [0, 0.1) is 0 Å². The maximum atomic E-state index is 10.4. The zero-order valence-electron chi connectivity index (χ0n) is 29.4. The highest BCUT2D eigenvalue weighted by Gasteiger charge is 2.32. The molecule has 6 nitrogen and oxygen atoms in total. The molecule has 0 radical (unpaired) electrons. The van der Waals surface area contributed by atoms with Gasteiger partial charge in [0.15, 0.2) is 0 Å². The van der Waals surface area contributed by atoms with Crippen LogP contribution in [0.3, 0.4) is 0 Å². The van der Waals surface area contributed by atoms with Gasteiger partial charge in [0, 0.05) is 0 Å². The molecule has 0 heterocycles. The van der Waals surface area contributed by atoms with Gasteiger partial charge in [0.25, 0.3) is 0 Å². The number of aliphatic hydroxyl groups excluding tert-OH is 4. The molecule has 0 aliphatic carbocycles. The first kappa shape index (κ1) is 48.1. The summed E-state index contributed by atoms with van der Waals surface area (Å²) in [6.07, 6.45) is 19.7. The molecule has 0 saturated carbocycles. The van der Waals surface area contributed by atoms with Crippen molar-refractivity contribution in [3.63, 3.8) is 0 Å². The smallest absolute Gasteiger partial charge is 0.105 e. The number of nitrogens with zero attached hydrogens (tertiary/aromatic N) is 2. The van der Waals surface area contributed by atoms with E-state index in [4.69, 9.17) is 0 Å². The molecule has 8 heteroatoms. The Hall–Kier alpha value is 0.720. The van der Waals surface area contributed by atoms with Crippen LogP contribution in [0.2, 0.25) is 0 Å². The predicted octanol–water partition coefficient (Wildman–Crippen LogP) is 0.823. The molecule has 0 spiro atoms. The molecule has 0 saturated heterocycles. The van der Waals surface area contributed by atoms with Crippen molar-refractivity contribution < 1.29 is 63.4 Å². The van der Waals surface area contributed by atoms with E-state index in [9.17, 15) is 20.4 Å². The molecule has 0 rings (SSSR count). The van der Waals surface area contributed by atoms with Crippen LogP contribution in [0.15, 0.2) is 0 Å². The molecule has 0 aliphatic rings. The standard InChI is InChI=1S/C35H76N2O4.2BrH/c1-7-9-11-13-15-17-20-24-36(28-32(3)38,29-33(4)39)26-22-19-23-27-37(30-34(5)40,31-35(6)41)25-21-18-16-14-12-10-8-2;;/h32-35,38-41H,7-31H2,1-6H3;2*1H/q+2;;/p-2. The number of aliphatic hydroxyl groups is 4. The van der Waals surface area contributed by atoms with Crippen molar-refractivity contribution in [2.24, 2.45) is 0 Å². The summed E-state index contributed by atoms with van der Waals surface area (Å²) >= 11 is 0. The van der Waals surface area contributed by atoms with Gasteiger partial charge >= 0.3 is 0 Å². The quantitative estimate of drug-likeness (QED) is 0.0649. The Kier molecular flexibility index (Phi) is 33.7. The number of hydrogen-bond donors (Lipinski definition) is 4. The second-order valence-electron chi connectivity index (χ2n) is 14.0. The minimum Gasteiger partial charge on any atom is -1.00 e. The highest BCUT2D eigenvalue weighted by molar-refractivity contribution is 4.60. The van der Waals surface area contributed by atoms with E-state index in [0.717, 1.165) is 67.2 Å². The van der Waals surface area contributed by atoms with Gasteiger partial charge in [-0.3, -0.25) is 0 Å². The van der Waals surface area contributed by atoms with Gasteiger partial charge in [0.1, 0.15) is 50.6 Å². The largest absolute Gasteiger partial charge is 1.00 e. The summed E-state index contributed by atoms with van der Waals surface area (Å²) in [5.74, 6) is 0. The lowest BCUT2D eigenvalue weighted by molar-refractivity contribution is -0.935. The zero-order chi connectivity index (χ0) is 31.0. The maximum absolute atomic E-state index is 10.4. The van der Waals surface area contributed by atoms with Crippen LogP contribution in [0.25, 0.3) is 0 Å². The summed E-state index contributed by atoms with van der Waals surface area (Å²) in [4.78, 5) is 0. The second-order valence-corrected chi connectivity index (χ2v) is 14.0. The lowest BCUT2D eigenvalue weighted by Crippen LogP contribution is -3.00. The third kappa shape index (κ3) is 27.5. The van der Waals surface area contributed by atoms with E-state index < -0.39 is 0 Å². The highest BCUT2D eigenvalue weighted by Crippen LogP contribution is 2.20. The van der Waals surface area contributed by atoms with Crippen LogP contribution in [-0.4, -0.2) is 106 Å². The summed E-state index contributed by atoms with van der Waals surface area (Å²) in [5.41, 5.74) is 0. The van der Waals surface area contributed by atoms with Crippen molar-refractivity contribution in [2.75, 3.05) is 52.4 Å². The Bertz CT molecular complexity index is 512. The lowest BCUT2D eigenvalue weighted by atomic mass is 10.1. The van der Waals surface area contributed by atoms with Crippen LogP contribution in [0.4, 0.5) is 0 Å². The van der Waals surface area contributed by atoms with Crippen LogP contribution in [0.5, 0.6) is 0 Å². The fraction of sp³-hybridized carbons (Fsp3) is 1.00. The SMILES string of the molecule is CCCCCCCCC[N+](CCCCC[N+](CCCCCCCCC)(CC(C)O)CC(C)O)(CC(C)O)CC(C)O.[Br-].[Br-]. The average molecular weight is 749 g/mol. The topological polar surface area (TPSA) is 80.9 Å². The zero-order valence-corrected chi connectivity index (χ0v) is 32.6. The molecule has 4 atom stereocenters. The molecule has 0 bridgehead atoms. The highest BCUT2D eigenvalue weighted by atomic mass is 79.9. The maximum Gasteiger partial charge on any atom is 0.105 e. The predicted molar refractivity (Wildman–Crippen MR) is 176 cm³/mol. The Balaban J connectivity index is -0.00000800. The van der Waals surface area contributed by atoms with Crippen molar-refractivity contribution >= 4 is 0 Å². The Morgan fingerprint density at radius 3 is 0.744 bits per heavy atom. The van der Waals surface area contributed by atoms with Crippen molar-refractivity contribution in [3.05, 3.63) is 0 Å². The van der Waals surface area contributed by atoms with Gasteiger partial charge in [-0.05, 0) is 72.6 Å². The minimum absolute atomic E-state index is 0. The molecule has 0 fully saturated rings. The monoisotopic (exact) mass is 746 g/mol. The fourth-order valence-corrected chi connectivity index (χ4v) is 7.22. The second kappa shape index (κ2) is 30.1. The van der Waals surface area contributed by atoms with Gasteiger partial charge in [-0.2, -0.15) is 0 Å². The normalized spacial score (nSPS) is 17.2. The van der Waals surface area contributed by atoms with Crippen molar-refractivity contribution in [2.45, 2.75) is 175 Å². The molecular weight excluding hydrogens is 672 g/mol. The molecule has 4 N–H and O–H groups in total. The third-order valence-electron chi connectivity index (χ3n) is 8.84. The summed E-state index contributed by atoms with van der Waals surface area (Å²) in [6, 6.07) is 0. The molecule has 0 amide bonds. The molecule has 4 unspecified atom stereocenters. The van der Waals surface area contributed by atoms with Gasteiger partial charge in [0.05, 0.1) is 26.2 Å². The Morgan fingerprint density at radius 2 is 0.535 bits per heavy atom. The first-order valence-corrected chi connectivity index (χ1v) is 17.9. The summed E-state index contributed by atoms with van der Waals surface area (Å²) < 4.78 is 1.62. The summed E-state index contributed by atoms with van der Waals surface area (Å²) in [5, 5.41) is 41.6. The van der Waals surface area contributed by atoms with Crippen LogP contribution < -0.4 is 34.0 Å². The van der Waals surface area contributed by atoms with Crippen LogP contribution in [0.1, 0.15) is 151 Å². The number of unbranched alkanes of at least 4 members (excludes halogenated alkanes) is 14. The van der Waals surface area contributed by atoms with E-state index in [1.165, 1.54) is 77.0 Å². The number of halogens is 2. The average Bonchev–Trinajstić information content (AvgIpc) is 2.86. The van der Waals surface area contributed by atoms with Crippen molar-refractivity contribution in [3.8, 4) is 0 Å². The van der Waals surface area contributed by atoms with E-state index in [-0.39, 0.29) is 58.4 Å². The molecule has 264 valence electrons.